The molecule has 0 amide bonds. The molecule has 0 radical (unpaired) electrons. The van der Waals surface area contributed by atoms with Gasteiger partial charge in [-0.15, -0.1) is 0 Å². The molecule has 7 nitrogen and oxygen atoms in total. The fourth-order valence-corrected chi connectivity index (χ4v) is 6.49. The predicted octanol–water partition coefficient (Wildman–Crippen LogP) is 0.526. The van der Waals surface area contributed by atoms with E-state index in [0.29, 0.717) is 6.42 Å². The lowest BCUT2D eigenvalue weighted by Crippen LogP contribution is -2.75. The molecule has 5 aliphatic rings. The summed E-state index contributed by atoms with van der Waals surface area (Å²) in [5.41, 5.74) is -3.90. The first-order valence-electron chi connectivity index (χ1n) is 8.58. The van der Waals surface area contributed by atoms with Gasteiger partial charge in [-0.2, -0.15) is 0 Å². The SMILES string of the molecule is COC1OC(=O)CC2(O)C3(C)CCCC4(C)C(=O)OC(C43)C3OC132. The quantitative estimate of drug-likeness (QED) is 0.550. The number of epoxide rings is 1. The number of methoxy groups -OCH3 is 1. The van der Waals surface area contributed by atoms with Gasteiger partial charge in [0, 0.05) is 18.4 Å². The molecule has 2 aliphatic carbocycles. The Kier molecular flexibility index (Phi) is 2.50. The predicted molar refractivity (Wildman–Crippen MR) is 77.5 cm³/mol. The summed E-state index contributed by atoms with van der Waals surface area (Å²) in [6.07, 6.45) is 0.174. The highest BCUT2D eigenvalue weighted by Gasteiger charge is 2.90. The van der Waals surface area contributed by atoms with E-state index in [1.807, 2.05) is 13.8 Å². The van der Waals surface area contributed by atoms with Crippen LogP contribution in [0.4, 0.5) is 0 Å². The minimum atomic E-state index is -1.43. The first-order valence-corrected chi connectivity index (χ1v) is 8.58. The average Bonchev–Trinajstić information content (AvgIpc) is 3.20. The van der Waals surface area contributed by atoms with E-state index in [2.05, 4.69) is 0 Å². The van der Waals surface area contributed by atoms with Gasteiger partial charge >= 0.3 is 11.9 Å². The summed E-state index contributed by atoms with van der Waals surface area (Å²) in [5, 5.41) is 11.8. The van der Waals surface area contributed by atoms with Gasteiger partial charge in [0.05, 0.1) is 11.8 Å². The molecule has 132 valence electrons. The van der Waals surface area contributed by atoms with Crippen LogP contribution in [0.1, 0.15) is 39.5 Å². The highest BCUT2D eigenvalue weighted by atomic mass is 16.8. The first-order chi connectivity index (χ1) is 11.2. The number of aliphatic hydroxyl groups is 1. The summed E-state index contributed by atoms with van der Waals surface area (Å²) in [6.45, 7) is 3.89. The minimum absolute atomic E-state index is 0.145. The lowest BCUT2D eigenvalue weighted by atomic mass is 9.43. The standard InChI is InChI=1S/C17H22O7/c1-14-5-4-6-15(2)10(14)9(23-12(14)19)11-17(24-11)13(21-3)22-8(18)7-16(15,17)20/h9-11,13,20H,4-7H2,1-3H3. The molecule has 3 heterocycles. The van der Waals surface area contributed by atoms with Crippen LogP contribution in [-0.4, -0.2) is 53.9 Å². The maximum Gasteiger partial charge on any atom is 0.312 e. The molecular formula is C17H22O7. The van der Waals surface area contributed by atoms with Crippen molar-refractivity contribution in [3.05, 3.63) is 0 Å². The molecule has 0 aromatic rings. The van der Waals surface area contributed by atoms with Crippen LogP contribution in [-0.2, 0) is 28.5 Å². The van der Waals surface area contributed by atoms with E-state index >= 15 is 0 Å². The third kappa shape index (κ3) is 1.25. The van der Waals surface area contributed by atoms with Gasteiger partial charge in [0.15, 0.2) is 5.60 Å². The molecule has 3 saturated heterocycles. The third-order valence-electron chi connectivity index (χ3n) is 7.58. The number of carbonyl (C=O) groups is 2. The lowest BCUT2D eigenvalue weighted by molar-refractivity contribution is -0.287. The summed E-state index contributed by atoms with van der Waals surface area (Å²) >= 11 is 0. The Morgan fingerprint density at radius 3 is 2.67 bits per heavy atom. The topological polar surface area (TPSA) is 94.6 Å². The molecule has 7 heteroatoms. The van der Waals surface area contributed by atoms with Gasteiger partial charge in [-0.1, -0.05) is 13.3 Å². The Balaban J connectivity index is 1.72. The number of hydrogen-bond acceptors (Lipinski definition) is 7. The van der Waals surface area contributed by atoms with Crippen molar-refractivity contribution in [3.63, 3.8) is 0 Å². The van der Waals surface area contributed by atoms with Gasteiger partial charge in [0.1, 0.15) is 17.8 Å². The monoisotopic (exact) mass is 338 g/mol. The molecule has 5 rings (SSSR count). The molecule has 0 aromatic carbocycles. The molecular weight excluding hydrogens is 316 g/mol. The molecule has 1 N–H and O–H groups in total. The van der Waals surface area contributed by atoms with Crippen molar-refractivity contribution in [2.24, 2.45) is 16.7 Å². The number of esters is 2. The Hall–Kier alpha value is -1.18. The second-order valence-electron chi connectivity index (χ2n) is 8.46. The normalized spacial score (nSPS) is 60.5. The Labute approximate surface area is 139 Å². The minimum Gasteiger partial charge on any atom is -0.459 e. The molecule has 8 atom stereocenters. The van der Waals surface area contributed by atoms with E-state index in [1.165, 1.54) is 7.11 Å². The van der Waals surface area contributed by atoms with Gasteiger partial charge in [0.2, 0.25) is 6.29 Å². The molecule has 2 saturated carbocycles. The van der Waals surface area contributed by atoms with E-state index in [-0.39, 0.29) is 18.3 Å². The summed E-state index contributed by atoms with van der Waals surface area (Å²) in [4.78, 5) is 24.8. The summed E-state index contributed by atoms with van der Waals surface area (Å²) in [6, 6.07) is 0. The molecule has 3 aliphatic heterocycles. The molecule has 0 aromatic heterocycles. The molecule has 1 spiro atoms. The first kappa shape index (κ1) is 15.1. The van der Waals surface area contributed by atoms with E-state index in [9.17, 15) is 14.7 Å². The van der Waals surface area contributed by atoms with Crippen molar-refractivity contribution in [2.45, 2.75) is 69.2 Å². The second kappa shape index (κ2) is 3.97. The van der Waals surface area contributed by atoms with Gasteiger partial charge < -0.3 is 24.1 Å². The van der Waals surface area contributed by atoms with E-state index in [1.54, 1.807) is 0 Å². The zero-order chi connectivity index (χ0) is 17.1. The summed E-state index contributed by atoms with van der Waals surface area (Å²) < 4.78 is 22.4. The number of rotatable bonds is 1. The van der Waals surface area contributed by atoms with Gasteiger partial charge in [0.25, 0.3) is 0 Å². The average molecular weight is 338 g/mol. The van der Waals surface area contributed by atoms with Crippen LogP contribution < -0.4 is 0 Å². The van der Waals surface area contributed by atoms with E-state index in [4.69, 9.17) is 18.9 Å². The lowest BCUT2D eigenvalue weighted by Gasteiger charge is -2.61. The number of hydrogen-bond donors (Lipinski definition) is 1. The maximum atomic E-state index is 12.6. The highest BCUT2D eigenvalue weighted by Crippen LogP contribution is 2.74. The Morgan fingerprint density at radius 2 is 1.96 bits per heavy atom. The largest absolute Gasteiger partial charge is 0.459 e. The van der Waals surface area contributed by atoms with Crippen molar-refractivity contribution in [1.82, 2.24) is 0 Å². The molecule has 0 bridgehead atoms. The molecule has 5 fully saturated rings. The molecule has 8 unspecified atom stereocenters. The number of fused-ring (bicyclic) bond motifs is 2. The Bertz CT molecular complexity index is 663. The van der Waals surface area contributed by atoms with Gasteiger partial charge in [-0.05, 0) is 19.8 Å². The van der Waals surface area contributed by atoms with Crippen LogP contribution in [0.15, 0.2) is 0 Å². The van der Waals surface area contributed by atoms with Crippen molar-refractivity contribution in [1.29, 1.82) is 0 Å². The summed E-state index contributed by atoms with van der Waals surface area (Å²) in [5.74, 6) is -0.903. The van der Waals surface area contributed by atoms with Crippen molar-refractivity contribution in [3.8, 4) is 0 Å². The van der Waals surface area contributed by atoms with Crippen molar-refractivity contribution in [2.75, 3.05) is 7.11 Å². The molecule has 24 heavy (non-hydrogen) atoms. The van der Waals surface area contributed by atoms with E-state index < -0.39 is 46.5 Å². The highest BCUT2D eigenvalue weighted by molar-refractivity contribution is 5.81. The number of ether oxygens (including phenoxy) is 4. The Morgan fingerprint density at radius 1 is 1.21 bits per heavy atom. The summed E-state index contributed by atoms with van der Waals surface area (Å²) in [7, 11) is 1.43. The van der Waals surface area contributed by atoms with Gasteiger partial charge in [-0.25, -0.2) is 0 Å². The second-order valence-corrected chi connectivity index (χ2v) is 8.46. The van der Waals surface area contributed by atoms with Crippen LogP contribution in [0.5, 0.6) is 0 Å². The van der Waals surface area contributed by atoms with Crippen LogP contribution in [0, 0.1) is 16.7 Å². The van der Waals surface area contributed by atoms with Crippen LogP contribution in [0.2, 0.25) is 0 Å². The number of cyclic esters (lactones) is 1. The zero-order valence-electron chi connectivity index (χ0n) is 14.0. The van der Waals surface area contributed by atoms with Crippen LogP contribution >= 0.6 is 0 Å². The van der Waals surface area contributed by atoms with Crippen LogP contribution in [0.25, 0.3) is 0 Å². The van der Waals surface area contributed by atoms with Gasteiger partial charge in [-0.3, -0.25) is 9.59 Å². The van der Waals surface area contributed by atoms with E-state index in [0.717, 1.165) is 12.8 Å². The number of carbonyl (C=O) groups excluding carboxylic acids is 2. The van der Waals surface area contributed by atoms with Crippen molar-refractivity contribution >= 4 is 11.9 Å². The third-order valence-corrected chi connectivity index (χ3v) is 7.58. The fourth-order valence-electron chi connectivity index (χ4n) is 6.49. The smallest absolute Gasteiger partial charge is 0.312 e. The van der Waals surface area contributed by atoms with Crippen LogP contribution in [0.3, 0.4) is 0 Å². The van der Waals surface area contributed by atoms with Crippen molar-refractivity contribution < 1.29 is 33.6 Å². The fraction of sp³-hybridized carbons (Fsp3) is 0.882. The maximum absolute atomic E-state index is 12.6. The zero-order valence-corrected chi connectivity index (χ0v) is 14.0.